The molecular weight excluding hydrogens is 174 g/mol. The molecular formula is C11H17N3. The lowest BCUT2D eigenvalue weighted by Crippen LogP contribution is -2.28. The molecule has 0 amide bonds. The third-order valence-electron chi connectivity index (χ3n) is 3.60. The number of rotatable bonds is 3. The summed E-state index contributed by atoms with van der Waals surface area (Å²) in [5, 5.41) is 4.41. The Morgan fingerprint density at radius 1 is 1.50 bits per heavy atom. The van der Waals surface area contributed by atoms with Crippen LogP contribution in [0.5, 0.6) is 0 Å². The van der Waals surface area contributed by atoms with Crippen molar-refractivity contribution in [1.29, 1.82) is 0 Å². The maximum absolute atomic E-state index is 6.13. The van der Waals surface area contributed by atoms with Crippen molar-refractivity contribution in [2.45, 2.75) is 50.1 Å². The topological polar surface area (TPSA) is 43.8 Å². The number of hydrogen-bond acceptors (Lipinski definition) is 2. The normalized spacial score (nSPS) is 24.6. The molecule has 14 heavy (non-hydrogen) atoms. The number of nitrogens with two attached hydrogens (primary N) is 1. The lowest BCUT2D eigenvalue weighted by atomic mass is 9.93. The van der Waals surface area contributed by atoms with Gasteiger partial charge in [-0.05, 0) is 38.2 Å². The molecule has 1 aromatic rings. The van der Waals surface area contributed by atoms with Gasteiger partial charge >= 0.3 is 0 Å². The van der Waals surface area contributed by atoms with Crippen LogP contribution >= 0.6 is 0 Å². The maximum atomic E-state index is 6.13. The van der Waals surface area contributed by atoms with Crippen LogP contribution < -0.4 is 5.73 Å². The smallest absolute Gasteiger partial charge is 0.0522 e. The van der Waals surface area contributed by atoms with Crippen LogP contribution in [-0.4, -0.2) is 15.3 Å². The second-order valence-electron chi connectivity index (χ2n) is 4.89. The Bertz CT molecular complexity index is 334. The molecule has 1 heterocycles. The molecule has 0 aliphatic heterocycles. The predicted molar refractivity (Wildman–Crippen MR) is 55.0 cm³/mol. The first-order valence-corrected chi connectivity index (χ1v) is 5.58. The zero-order chi connectivity index (χ0) is 9.60. The quantitative estimate of drug-likeness (QED) is 0.789. The summed E-state index contributed by atoms with van der Waals surface area (Å²) in [5.41, 5.74) is 7.58. The van der Waals surface area contributed by atoms with Crippen LogP contribution in [0.3, 0.4) is 0 Å². The van der Waals surface area contributed by atoms with Gasteiger partial charge in [0.25, 0.3) is 0 Å². The van der Waals surface area contributed by atoms with Crippen LogP contribution in [-0.2, 0) is 6.42 Å². The van der Waals surface area contributed by atoms with E-state index in [1.54, 1.807) is 0 Å². The van der Waals surface area contributed by atoms with Crippen molar-refractivity contribution < 1.29 is 0 Å². The zero-order valence-corrected chi connectivity index (χ0v) is 8.45. The van der Waals surface area contributed by atoms with Gasteiger partial charge in [0.15, 0.2) is 0 Å². The average molecular weight is 191 g/mol. The van der Waals surface area contributed by atoms with Gasteiger partial charge in [-0.3, -0.25) is 4.68 Å². The minimum atomic E-state index is 0.113. The summed E-state index contributed by atoms with van der Waals surface area (Å²) >= 11 is 0. The summed E-state index contributed by atoms with van der Waals surface area (Å²) in [6.45, 7) is 0. The van der Waals surface area contributed by atoms with Crippen molar-refractivity contribution in [2.75, 3.05) is 0 Å². The number of hydrogen-bond donors (Lipinski definition) is 1. The van der Waals surface area contributed by atoms with Crippen LogP contribution in [0.15, 0.2) is 12.3 Å². The Morgan fingerprint density at radius 2 is 2.29 bits per heavy atom. The highest BCUT2D eigenvalue weighted by molar-refractivity contribution is 5.13. The standard InChI is InChI=1S/C11H17N3/c12-11(5-6-11)8-10-4-7-13-14(10)9-2-1-3-9/h4,7,9H,1-3,5-6,8,12H2. The molecule has 0 saturated heterocycles. The van der Waals surface area contributed by atoms with Crippen molar-refractivity contribution in [2.24, 2.45) is 5.73 Å². The SMILES string of the molecule is NC1(Cc2ccnn2C2CCC2)CC1. The fourth-order valence-corrected chi connectivity index (χ4v) is 2.14. The molecule has 0 bridgehead atoms. The van der Waals surface area contributed by atoms with E-state index in [-0.39, 0.29) is 5.54 Å². The van der Waals surface area contributed by atoms with Crippen LogP contribution in [0.2, 0.25) is 0 Å². The van der Waals surface area contributed by atoms with E-state index in [0.29, 0.717) is 6.04 Å². The molecule has 0 unspecified atom stereocenters. The Morgan fingerprint density at radius 3 is 2.86 bits per heavy atom. The van der Waals surface area contributed by atoms with E-state index in [9.17, 15) is 0 Å². The fourth-order valence-electron chi connectivity index (χ4n) is 2.14. The molecule has 0 spiro atoms. The lowest BCUT2D eigenvalue weighted by Gasteiger charge is -2.28. The van der Waals surface area contributed by atoms with E-state index in [1.807, 2.05) is 6.20 Å². The van der Waals surface area contributed by atoms with Crippen molar-refractivity contribution in [3.63, 3.8) is 0 Å². The molecule has 2 fully saturated rings. The first-order valence-electron chi connectivity index (χ1n) is 5.58. The highest BCUT2D eigenvalue weighted by Crippen LogP contribution is 2.38. The molecule has 3 rings (SSSR count). The van der Waals surface area contributed by atoms with Crippen LogP contribution in [0.1, 0.15) is 43.8 Å². The average Bonchev–Trinajstić information content (AvgIpc) is 2.61. The number of aromatic nitrogens is 2. The Balaban J connectivity index is 1.79. The highest BCUT2D eigenvalue weighted by atomic mass is 15.3. The second-order valence-corrected chi connectivity index (χ2v) is 4.89. The van der Waals surface area contributed by atoms with E-state index >= 15 is 0 Å². The molecule has 2 N–H and O–H groups in total. The maximum Gasteiger partial charge on any atom is 0.0522 e. The summed E-state index contributed by atoms with van der Waals surface area (Å²) < 4.78 is 2.20. The van der Waals surface area contributed by atoms with Gasteiger partial charge < -0.3 is 5.73 Å². The van der Waals surface area contributed by atoms with Gasteiger partial charge in [0.1, 0.15) is 0 Å². The zero-order valence-electron chi connectivity index (χ0n) is 8.45. The third kappa shape index (κ3) is 1.36. The van der Waals surface area contributed by atoms with Crippen molar-refractivity contribution in [1.82, 2.24) is 9.78 Å². The molecule has 2 aliphatic rings. The van der Waals surface area contributed by atoms with Gasteiger partial charge in [-0.15, -0.1) is 0 Å². The van der Waals surface area contributed by atoms with E-state index < -0.39 is 0 Å². The van der Waals surface area contributed by atoms with E-state index in [0.717, 1.165) is 6.42 Å². The molecule has 0 aromatic carbocycles. The van der Waals surface area contributed by atoms with E-state index in [2.05, 4.69) is 15.8 Å². The van der Waals surface area contributed by atoms with Crippen molar-refractivity contribution in [3.8, 4) is 0 Å². The lowest BCUT2D eigenvalue weighted by molar-refractivity contribution is 0.280. The third-order valence-corrected chi connectivity index (χ3v) is 3.60. The molecule has 76 valence electrons. The van der Waals surface area contributed by atoms with Gasteiger partial charge in [0, 0.05) is 23.9 Å². The van der Waals surface area contributed by atoms with Gasteiger partial charge in [0.05, 0.1) is 6.04 Å². The summed E-state index contributed by atoms with van der Waals surface area (Å²) in [5.74, 6) is 0. The van der Waals surface area contributed by atoms with E-state index in [1.165, 1.54) is 37.8 Å². The van der Waals surface area contributed by atoms with Gasteiger partial charge in [-0.1, -0.05) is 0 Å². The Kier molecular flexibility index (Phi) is 1.71. The van der Waals surface area contributed by atoms with Crippen molar-refractivity contribution in [3.05, 3.63) is 18.0 Å². The Hall–Kier alpha value is -0.830. The highest BCUT2D eigenvalue weighted by Gasteiger charge is 2.39. The fraction of sp³-hybridized carbons (Fsp3) is 0.727. The minimum absolute atomic E-state index is 0.113. The van der Waals surface area contributed by atoms with Gasteiger partial charge in [-0.2, -0.15) is 5.10 Å². The van der Waals surface area contributed by atoms with Gasteiger partial charge in [0.2, 0.25) is 0 Å². The summed E-state index contributed by atoms with van der Waals surface area (Å²) in [7, 11) is 0. The summed E-state index contributed by atoms with van der Waals surface area (Å²) in [6, 6.07) is 2.80. The molecule has 0 radical (unpaired) electrons. The predicted octanol–water partition coefficient (Wildman–Crippen LogP) is 1.64. The van der Waals surface area contributed by atoms with Crippen molar-refractivity contribution >= 4 is 0 Å². The largest absolute Gasteiger partial charge is 0.325 e. The molecule has 2 aliphatic carbocycles. The Labute approximate surface area is 84.3 Å². The molecule has 0 atom stereocenters. The first-order chi connectivity index (χ1) is 6.77. The first kappa shape index (κ1) is 8.48. The second kappa shape index (κ2) is 2.83. The van der Waals surface area contributed by atoms with Gasteiger partial charge in [-0.25, -0.2) is 0 Å². The molecule has 3 nitrogen and oxygen atoms in total. The van der Waals surface area contributed by atoms with Crippen LogP contribution in [0, 0.1) is 0 Å². The van der Waals surface area contributed by atoms with Crippen LogP contribution in [0.25, 0.3) is 0 Å². The minimum Gasteiger partial charge on any atom is -0.325 e. The molecule has 1 aromatic heterocycles. The molecule has 3 heteroatoms. The number of nitrogens with zero attached hydrogens (tertiary/aromatic N) is 2. The summed E-state index contributed by atoms with van der Waals surface area (Å²) in [4.78, 5) is 0. The summed E-state index contributed by atoms with van der Waals surface area (Å²) in [6.07, 6.45) is 9.25. The monoisotopic (exact) mass is 191 g/mol. The van der Waals surface area contributed by atoms with E-state index in [4.69, 9.17) is 5.73 Å². The molecule has 2 saturated carbocycles. The van der Waals surface area contributed by atoms with Crippen LogP contribution in [0.4, 0.5) is 0 Å².